The Kier molecular flexibility index (Phi) is 4.40. The molecule has 2 atom stereocenters. The van der Waals surface area contributed by atoms with Crippen LogP contribution in [0.3, 0.4) is 0 Å². The van der Waals surface area contributed by atoms with E-state index in [1.807, 2.05) is 24.3 Å². The predicted molar refractivity (Wildman–Crippen MR) is 83.5 cm³/mol. The third-order valence-electron chi connectivity index (χ3n) is 4.21. The van der Waals surface area contributed by atoms with Crippen LogP contribution >= 0.6 is 11.6 Å². The zero-order valence-electron chi connectivity index (χ0n) is 12.0. The fraction of sp³-hybridized carbons (Fsp3) is 0.438. The highest BCUT2D eigenvalue weighted by molar-refractivity contribution is 6.35. The van der Waals surface area contributed by atoms with Crippen LogP contribution in [-0.4, -0.2) is 47.4 Å². The second kappa shape index (κ2) is 6.28. The number of rotatable bonds is 4. The fourth-order valence-corrected chi connectivity index (χ4v) is 3.25. The number of hydrogen-bond donors (Lipinski definition) is 1. The Morgan fingerprint density at radius 3 is 3.05 bits per heavy atom. The lowest BCUT2D eigenvalue weighted by atomic mass is 10.1. The zero-order chi connectivity index (χ0) is 14.8. The SMILES string of the molecule is CO[C@@H]1C[C@@H](CO)N(Cc2ccc(Cl)c3cccnc23)C1. The summed E-state index contributed by atoms with van der Waals surface area (Å²) in [5.74, 6) is 0. The molecule has 0 unspecified atom stereocenters. The minimum absolute atomic E-state index is 0.143. The molecule has 0 radical (unpaired) electrons. The Hall–Kier alpha value is -1.20. The van der Waals surface area contributed by atoms with Crippen LogP contribution < -0.4 is 0 Å². The monoisotopic (exact) mass is 306 g/mol. The maximum Gasteiger partial charge on any atom is 0.0761 e. The average molecular weight is 307 g/mol. The molecule has 3 rings (SSSR count). The van der Waals surface area contributed by atoms with E-state index in [0.717, 1.165) is 41.0 Å². The van der Waals surface area contributed by atoms with Gasteiger partial charge in [-0.05, 0) is 30.2 Å². The van der Waals surface area contributed by atoms with Crippen molar-refractivity contribution in [2.24, 2.45) is 0 Å². The number of methoxy groups -OCH3 is 1. The number of fused-ring (bicyclic) bond motifs is 1. The third kappa shape index (κ3) is 2.90. The average Bonchev–Trinajstić information content (AvgIpc) is 2.92. The van der Waals surface area contributed by atoms with Gasteiger partial charge in [0.15, 0.2) is 0 Å². The second-order valence-corrected chi connectivity index (χ2v) is 5.87. The quantitative estimate of drug-likeness (QED) is 0.942. The molecule has 21 heavy (non-hydrogen) atoms. The van der Waals surface area contributed by atoms with Gasteiger partial charge >= 0.3 is 0 Å². The van der Waals surface area contributed by atoms with Gasteiger partial charge in [0.25, 0.3) is 0 Å². The molecule has 0 spiro atoms. The highest BCUT2D eigenvalue weighted by Gasteiger charge is 2.31. The van der Waals surface area contributed by atoms with Gasteiger partial charge in [-0.2, -0.15) is 0 Å². The molecular weight excluding hydrogens is 288 g/mol. The van der Waals surface area contributed by atoms with Crippen molar-refractivity contribution in [3.05, 3.63) is 41.0 Å². The van der Waals surface area contributed by atoms with E-state index >= 15 is 0 Å². The molecule has 4 nitrogen and oxygen atoms in total. The smallest absolute Gasteiger partial charge is 0.0761 e. The molecule has 2 heterocycles. The largest absolute Gasteiger partial charge is 0.395 e. The van der Waals surface area contributed by atoms with E-state index in [1.165, 1.54) is 0 Å². The van der Waals surface area contributed by atoms with E-state index in [0.29, 0.717) is 0 Å². The summed E-state index contributed by atoms with van der Waals surface area (Å²) < 4.78 is 5.43. The van der Waals surface area contributed by atoms with Crippen molar-refractivity contribution < 1.29 is 9.84 Å². The first-order valence-corrected chi connectivity index (χ1v) is 7.50. The molecule has 0 aliphatic carbocycles. The van der Waals surface area contributed by atoms with Gasteiger partial charge in [-0.3, -0.25) is 9.88 Å². The van der Waals surface area contributed by atoms with Crippen LogP contribution in [0.4, 0.5) is 0 Å². The van der Waals surface area contributed by atoms with Crippen molar-refractivity contribution in [3.8, 4) is 0 Å². The molecule has 2 aromatic rings. The minimum Gasteiger partial charge on any atom is -0.395 e. The molecule has 1 aliphatic rings. The normalized spacial score (nSPS) is 23.0. The number of halogens is 1. The van der Waals surface area contributed by atoms with E-state index in [2.05, 4.69) is 9.88 Å². The molecule has 5 heteroatoms. The highest BCUT2D eigenvalue weighted by atomic mass is 35.5. The Labute approximate surface area is 129 Å². The number of ether oxygens (including phenoxy) is 1. The van der Waals surface area contributed by atoms with Crippen LogP contribution in [0.1, 0.15) is 12.0 Å². The van der Waals surface area contributed by atoms with E-state index < -0.39 is 0 Å². The van der Waals surface area contributed by atoms with Gasteiger partial charge in [0.05, 0.1) is 18.2 Å². The van der Waals surface area contributed by atoms with Gasteiger partial charge in [-0.15, -0.1) is 0 Å². The Morgan fingerprint density at radius 1 is 1.43 bits per heavy atom. The summed E-state index contributed by atoms with van der Waals surface area (Å²) in [7, 11) is 1.72. The molecule has 1 N–H and O–H groups in total. The number of benzene rings is 1. The number of hydrogen-bond acceptors (Lipinski definition) is 4. The molecular formula is C16H19ClN2O2. The molecule has 1 saturated heterocycles. The summed E-state index contributed by atoms with van der Waals surface area (Å²) in [5.41, 5.74) is 2.06. The van der Waals surface area contributed by atoms with E-state index in [9.17, 15) is 5.11 Å². The summed E-state index contributed by atoms with van der Waals surface area (Å²) in [6.07, 6.45) is 2.84. The van der Waals surface area contributed by atoms with E-state index in [1.54, 1.807) is 13.3 Å². The summed E-state index contributed by atoms with van der Waals surface area (Å²) in [4.78, 5) is 6.72. The van der Waals surface area contributed by atoms with Crippen LogP contribution in [0.2, 0.25) is 5.02 Å². The highest BCUT2D eigenvalue weighted by Crippen LogP contribution is 2.28. The lowest BCUT2D eigenvalue weighted by Gasteiger charge is -2.23. The van der Waals surface area contributed by atoms with Crippen molar-refractivity contribution in [1.82, 2.24) is 9.88 Å². The molecule has 0 amide bonds. The van der Waals surface area contributed by atoms with Crippen LogP contribution in [0.15, 0.2) is 30.5 Å². The maximum absolute atomic E-state index is 9.55. The van der Waals surface area contributed by atoms with Crippen LogP contribution in [0.5, 0.6) is 0 Å². The van der Waals surface area contributed by atoms with Gasteiger partial charge in [0.2, 0.25) is 0 Å². The zero-order valence-corrected chi connectivity index (χ0v) is 12.8. The van der Waals surface area contributed by atoms with Gasteiger partial charge in [0.1, 0.15) is 0 Å². The standard InChI is InChI=1S/C16H19ClN2O2/c1-21-13-7-12(10-20)19(9-13)8-11-4-5-15(17)14-3-2-6-18-16(11)14/h2-6,12-13,20H,7-10H2,1H3/t12-,13+/m0/s1. The molecule has 1 fully saturated rings. The minimum atomic E-state index is 0.143. The van der Waals surface area contributed by atoms with Gasteiger partial charge < -0.3 is 9.84 Å². The first kappa shape index (κ1) is 14.7. The summed E-state index contributed by atoms with van der Waals surface area (Å²) in [6, 6.07) is 7.96. The number of likely N-dealkylation sites (tertiary alicyclic amines) is 1. The maximum atomic E-state index is 9.55. The second-order valence-electron chi connectivity index (χ2n) is 5.47. The van der Waals surface area contributed by atoms with Crippen LogP contribution in [0.25, 0.3) is 10.9 Å². The first-order valence-electron chi connectivity index (χ1n) is 7.12. The Morgan fingerprint density at radius 2 is 2.29 bits per heavy atom. The molecule has 1 aromatic carbocycles. The fourth-order valence-electron chi connectivity index (χ4n) is 3.03. The Bertz CT molecular complexity index is 635. The van der Waals surface area contributed by atoms with Gasteiger partial charge in [0, 0.05) is 42.8 Å². The number of aromatic nitrogens is 1. The molecule has 112 valence electrons. The summed E-state index contributed by atoms with van der Waals surface area (Å²) in [5, 5.41) is 11.2. The van der Waals surface area contributed by atoms with Crippen molar-refractivity contribution >= 4 is 22.5 Å². The van der Waals surface area contributed by atoms with E-state index in [-0.39, 0.29) is 18.8 Å². The lowest BCUT2D eigenvalue weighted by Crippen LogP contribution is -2.32. The number of pyridine rings is 1. The lowest BCUT2D eigenvalue weighted by molar-refractivity contribution is 0.107. The van der Waals surface area contributed by atoms with Crippen molar-refractivity contribution in [1.29, 1.82) is 0 Å². The summed E-state index contributed by atoms with van der Waals surface area (Å²) >= 11 is 6.23. The van der Waals surface area contributed by atoms with Gasteiger partial charge in [-0.25, -0.2) is 0 Å². The topological polar surface area (TPSA) is 45.6 Å². The molecule has 1 aromatic heterocycles. The van der Waals surface area contributed by atoms with Crippen LogP contribution in [0, 0.1) is 0 Å². The van der Waals surface area contributed by atoms with Crippen LogP contribution in [-0.2, 0) is 11.3 Å². The number of aliphatic hydroxyl groups is 1. The Balaban J connectivity index is 1.90. The first-order chi connectivity index (χ1) is 10.2. The number of nitrogens with zero attached hydrogens (tertiary/aromatic N) is 2. The number of aliphatic hydroxyl groups excluding tert-OH is 1. The van der Waals surface area contributed by atoms with E-state index in [4.69, 9.17) is 16.3 Å². The van der Waals surface area contributed by atoms with Crippen molar-refractivity contribution in [2.45, 2.75) is 25.1 Å². The molecule has 0 bridgehead atoms. The summed E-state index contributed by atoms with van der Waals surface area (Å²) in [6.45, 7) is 1.73. The predicted octanol–water partition coefficient (Wildman–Crippen LogP) is 2.47. The third-order valence-corrected chi connectivity index (χ3v) is 4.54. The molecule has 1 aliphatic heterocycles. The van der Waals surface area contributed by atoms with Gasteiger partial charge in [-0.1, -0.05) is 17.7 Å². The van der Waals surface area contributed by atoms with Crippen molar-refractivity contribution in [2.75, 3.05) is 20.3 Å². The van der Waals surface area contributed by atoms with Crippen molar-refractivity contribution in [3.63, 3.8) is 0 Å². The molecule has 0 saturated carbocycles.